The Hall–Kier alpha value is -4.78. The number of aryl methyl sites for hydroxylation is 1. The molecule has 0 saturated carbocycles. The number of fused-ring (bicyclic) bond motifs is 2. The van der Waals surface area contributed by atoms with Crippen molar-refractivity contribution < 1.29 is 13.6 Å². The number of benzene rings is 3. The molecule has 1 unspecified atom stereocenters. The number of carbonyl (C=O) groups is 1. The Morgan fingerprint density at radius 2 is 1.82 bits per heavy atom. The van der Waals surface area contributed by atoms with Crippen molar-refractivity contribution in [2.24, 2.45) is 7.05 Å². The van der Waals surface area contributed by atoms with E-state index in [9.17, 15) is 18.8 Å². The molecule has 0 spiro atoms. The Bertz CT molecular complexity index is 1780. The molecule has 2 aromatic heterocycles. The van der Waals surface area contributed by atoms with Crippen LogP contribution < -0.4 is 4.90 Å². The molecule has 3 heterocycles. The highest BCUT2D eigenvalue weighted by molar-refractivity contribution is 5.97. The number of piperazine rings is 1. The van der Waals surface area contributed by atoms with Crippen LogP contribution >= 0.6 is 0 Å². The molecule has 1 N–H and O–H groups in total. The third kappa shape index (κ3) is 4.26. The monoisotopic (exact) mass is 525 g/mol. The number of nitriles is 1. The Morgan fingerprint density at radius 1 is 1.05 bits per heavy atom. The fourth-order valence-corrected chi connectivity index (χ4v) is 5.29. The van der Waals surface area contributed by atoms with Crippen LogP contribution in [0.3, 0.4) is 0 Å². The first-order chi connectivity index (χ1) is 18.8. The smallest absolute Gasteiger partial charge is 0.254 e. The second kappa shape index (κ2) is 9.51. The fourth-order valence-electron chi connectivity index (χ4n) is 5.29. The minimum absolute atomic E-state index is 0.0595. The Kier molecular flexibility index (Phi) is 5.99. The van der Waals surface area contributed by atoms with Crippen molar-refractivity contribution in [3.63, 3.8) is 0 Å². The van der Waals surface area contributed by atoms with E-state index < -0.39 is 11.6 Å². The van der Waals surface area contributed by atoms with E-state index >= 15 is 0 Å². The number of amides is 1. The van der Waals surface area contributed by atoms with Gasteiger partial charge in [-0.25, -0.2) is 18.7 Å². The second-order valence-corrected chi connectivity index (χ2v) is 9.77. The quantitative estimate of drug-likeness (QED) is 0.367. The molecule has 39 heavy (non-hydrogen) atoms. The van der Waals surface area contributed by atoms with Gasteiger partial charge in [-0.3, -0.25) is 4.79 Å². The zero-order valence-electron chi connectivity index (χ0n) is 21.4. The molecule has 0 bridgehead atoms. The van der Waals surface area contributed by atoms with Gasteiger partial charge in [-0.15, -0.1) is 0 Å². The number of H-pyrrole nitrogens is 1. The lowest BCUT2D eigenvalue weighted by atomic mass is 10.1. The lowest BCUT2D eigenvalue weighted by Crippen LogP contribution is -2.49. The lowest BCUT2D eigenvalue weighted by molar-refractivity contribution is 0.0747. The molecular formula is C29H25F2N7O. The van der Waals surface area contributed by atoms with Crippen molar-refractivity contribution in [2.45, 2.75) is 12.8 Å². The Balaban J connectivity index is 1.23. The number of carbonyl (C=O) groups excluding carboxylic acids is 1. The molecule has 1 aliphatic rings. The van der Waals surface area contributed by atoms with Gasteiger partial charge in [-0.05, 0) is 43.3 Å². The molecule has 3 aromatic carbocycles. The summed E-state index contributed by atoms with van der Waals surface area (Å²) in [5.74, 6) is -0.630. The SMILES string of the molecule is CC(c1nc2c(F)cc(F)cc2[nH]1)c1nc2ccc(C(=O)N3CCN(c4ccccc4C#N)CC3)cc2n1C. The van der Waals surface area contributed by atoms with Crippen molar-refractivity contribution >= 4 is 33.7 Å². The molecular weight excluding hydrogens is 500 g/mol. The molecule has 6 rings (SSSR count). The number of para-hydroxylation sites is 1. The zero-order chi connectivity index (χ0) is 27.3. The molecule has 5 aromatic rings. The van der Waals surface area contributed by atoms with Crippen molar-refractivity contribution in [1.82, 2.24) is 24.4 Å². The van der Waals surface area contributed by atoms with E-state index in [0.717, 1.165) is 22.8 Å². The van der Waals surface area contributed by atoms with Gasteiger partial charge < -0.3 is 19.4 Å². The first kappa shape index (κ1) is 24.6. The van der Waals surface area contributed by atoms with Crippen LogP contribution in [-0.4, -0.2) is 56.5 Å². The maximum Gasteiger partial charge on any atom is 0.254 e. The highest BCUT2D eigenvalue weighted by atomic mass is 19.1. The molecule has 0 radical (unpaired) electrons. The van der Waals surface area contributed by atoms with Crippen LogP contribution in [0, 0.1) is 23.0 Å². The Labute approximate surface area is 223 Å². The summed E-state index contributed by atoms with van der Waals surface area (Å²) in [4.78, 5) is 29.5. The molecule has 196 valence electrons. The van der Waals surface area contributed by atoms with Crippen LogP contribution in [0.25, 0.3) is 22.1 Å². The molecule has 0 aliphatic carbocycles. The average Bonchev–Trinajstić information content (AvgIpc) is 3.53. The number of anilines is 1. The van der Waals surface area contributed by atoms with E-state index in [1.54, 1.807) is 12.1 Å². The summed E-state index contributed by atoms with van der Waals surface area (Å²) >= 11 is 0. The minimum atomic E-state index is -0.719. The molecule has 1 aliphatic heterocycles. The maximum absolute atomic E-state index is 14.2. The standard InChI is InChI=1S/C29H25F2N7O/c1-17(27-33-23-15-20(30)14-21(31)26(23)35-27)28-34-22-8-7-18(13-25(22)36(28)2)29(39)38-11-9-37(10-12-38)24-6-4-3-5-19(24)16-32/h3-8,13-15,17H,9-12H2,1-2H3,(H,33,35). The minimum Gasteiger partial charge on any atom is -0.367 e. The average molecular weight is 526 g/mol. The summed E-state index contributed by atoms with van der Waals surface area (Å²) in [5.41, 5.74) is 3.97. The molecule has 1 amide bonds. The second-order valence-electron chi connectivity index (χ2n) is 9.77. The van der Waals surface area contributed by atoms with Crippen LogP contribution in [0.2, 0.25) is 0 Å². The first-order valence-corrected chi connectivity index (χ1v) is 12.7. The summed E-state index contributed by atoms with van der Waals surface area (Å²) in [6.07, 6.45) is 0. The van der Waals surface area contributed by atoms with E-state index in [-0.39, 0.29) is 22.9 Å². The summed E-state index contributed by atoms with van der Waals surface area (Å²) in [5, 5.41) is 9.42. The number of aromatic nitrogens is 4. The number of nitrogens with zero attached hydrogens (tertiary/aromatic N) is 6. The van der Waals surface area contributed by atoms with Gasteiger partial charge in [0, 0.05) is 44.9 Å². The van der Waals surface area contributed by atoms with Gasteiger partial charge in [0.2, 0.25) is 0 Å². The van der Waals surface area contributed by atoms with Crippen molar-refractivity contribution in [1.29, 1.82) is 5.26 Å². The number of aromatic amines is 1. The van der Waals surface area contributed by atoms with Gasteiger partial charge in [0.25, 0.3) is 5.91 Å². The zero-order valence-corrected chi connectivity index (χ0v) is 21.4. The Morgan fingerprint density at radius 3 is 2.59 bits per heavy atom. The number of rotatable bonds is 4. The van der Waals surface area contributed by atoms with Crippen LogP contribution in [0.4, 0.5) is 14.5 Å². The predicted octanol–water partition coefficient (Wildman–Crippen LogP) is 4.71. The highest BCUT2D eigenvalue weighted by Gasteiger charge is 2.25. The molecule has 8 nitrogen and oxygen atoms in total. The van der Waals surface area contributed by atoms with Crippen molar-refractivity contribution in [3.05, 3.63) is 89.0 Å². The van der Waals surface area contributed by atoms with Gasteiger partial charge >= 0.3 is 0 Å². The summed E-state index contributed by atoms with van der Waals surface area (Å²) in [6, 6.07) is 17.2. The van der Waals surface area contributed by atoms with Gasteiger partial charge in [0.05, 0.1) is 33.7 Å². The predicted molar refractivity (Wildman–Crippen MR) is 144 cm³/mol. The van der Waals surface area contributed by atoms with Gasteiger partial charge in [0.15, 0.2) is 5.82 Å². The van der Waals surface area contributed by atoms with E-state index in [1.807, 2.05) is 53.8 Å². The number of halogens is 2. The summed E-state index contributed by atoms with van der Waals surface area (Å²) < 4.78 is 29.7. The number of hydrogen-bond donors (Lipinski definition) is 1. The number of imidazole rings is 2. The fraction of sp³-hybridized carbons (Fsp3) is 0.241. The van der Waals surface area contributed by atoms with Crippen molar-refractivity contribution in [2.75, 3.05) is 31.1 Å². The van der Waals surface area contributed by atoms with Crippen LogP contribution in [0.1, 0.15) is 40.4 Å². The largest absolute Gasteiger partial charge is 0.367 e. The van der Waals surface area contributed by atoms with Gasteiger partial charge in [-0.1, -0.05) is 12.1 Å². The topological polar surface area (TPSA) is 93.8 Å². The molecule has 1 fully saturated rings. The number of nitrogens with one attached hydrogen (secondary N) is 1. The highest BCUT2D eigenvalue weighted by Crippen LogP contribution is 2.29. The third-order valence-corrected chi connectivity index (χ3v) is 7.42. The summed E-state index contributed by atoms with van der Waals surface area (Å²) in [7, 11) is 1.86. The summed E-state index contributed by atoms with van der Waals surface area (Å²) in [6.45, 7) is 4.27. The van der Waals surface area contributed by atoms with Crippen molar-refractivity contribution in [3.8, 4) is 6.07 Å². The van der Waals surface area contributed by atoms with Crippen LogP contribution in [0.15, 0.2) is 54.6 Å². The van der Waals surface area contributed by atoms with Gasteiger partial charge in [-0.2, -0.15) is 5.26 Å². The van der Waals surface area contributed by atoms with Crippen LogP contribution in [-0.2, 0) is 7.05 Å². The maximum atomic E-state index is 14.2. The number of hydrogen-bond acceptors (Lipinski definition) is 5. The molecule has 10 heteroatoms. The van der Waals surface area contributed by atoms with E-state index in [2.05, 4.69) is 20.9 Å². The first-order valence-electron chi connectivity index (χ1n) is 12.7. The molecule has 1 atom stereocenters. The molecule has 1 saturated heterocycles. The van der Waals surface area contributed by atoms with Gasteiger partial charge in [0.1, 0.15) is 29.1 Å². The van der Waals surface area contributed by atoms with E-state index in [0.29, 0.717) is 49.0 Å². The third-order valence-electron chi connectivity index (χ3n) is 7.42. The van der Waals surface area contributed by atoms with E-state index in [1.165, 1.54) is 6.07 Å². The lowest BCUT2D eigenvalue weighted by Gasteiger charge is -2.36. The van der Waals surface area contributed by atoms with E-state index in [4.69, 9.17) is 4.98 Å². The normalized spacial score (nSPS) is 14.6. The van der Waals surface area contributed by atoms with Crippen LogP contribution in [0.5, 0.6) is 0 Å².